The maximum atomic E-state index is 15.0. The average Bonchev–Trinajstić information content (AvgIpc) is 3.17. The number of ether oxygens (including phenoxy) is 2. The number of nitrogens with zero attached hydrogens (tertiary/aromatic N) is 3. The number of nitriles is 1. The van der Waals surface area contributed by atoms with Gasteiger partial charge in [0.05, 0.1) is 24.2 Å². The molecule has 0 radical (unpaired) electrons. The number of ketones is 1. The molecule has 0 saturated carbocycles. The fourth-order valence-corrected chi connectivity index (χ4v) is 4.58. The fourth-order valence-electron chi connectivity index (χ4n) is 4.58. The van der Waals surface area contributed by atoms with E-state index < -0.39 is 42.3 Å². The first kappa shape index (κ1) is 22.7. The number of hydrogen-bond acceptors (Lipinski definition) is 7. The van der Waals surface area contributed by atoms with Crippen molar-refractivity contribution in [3.05, 3.63) is 64.7 Å². The van der Waals surface area contributed by atoms with E-state index >= 15 is 4.39 Å². The van der Waals surface area contributed by atoms with Crippen LogP contribution in [-0.4, -0.2) is 42.0 Å². The number of pyridine rings is 1. The van der Waals surface area contributed by atoms with Crippen LogP contribution in [0.1, 0.15) is 40.5 Å². The van der Waals surface area contributed by atoms with Gasteiger partial charge in [0.2, 0.25) is 6.43 Å². The summed E-state index contributed by atoms with van der Waals surface area (Å²) in [6.07, 6.45) is -3.49. The predicted octanol–water partition coefficient (Wildman–Crippen LogP) is 3.12. The molecule has 2 aromatic rings. The number of aromatic nitrogens is 1. The summed E-state index contributed by atoms with van der Waals surface area (Å²) in [5.74, 6) is -1.63. The number of amidine groups is 1. The van der Waals surface area contributed by atoms with Gasteiger partial charge in [-0.05, 0) is 36.8 Å². The van der Waals surface area contributed by atoms with Crippen molar-refractivity contribution in [3.8, 4) is 6.07 Å². The second-order valence-electron chi connectivity index (χ2n) is 8.24. The summed E-state index contributed by atoms with van der Waals surface area (Å²) in [5, 5.41) is 8.87. The average molecular weight is 458 g/mol. The van der Waals surface area contributed by atoms with E-state index in [0.717, 1.165) is 0 Å². The Hall–Kier alpha value is -3.45. The van der Waals surface area contributed by atoms with E-state index in [9.17, 15) is 13.6 Å². The minimum atomic E-state index is -2.62. The molecule has 1 aromatic carbocycles. The van der Waals surface area contributed by atoms with Crippen LogP contribution in [-0.2, 0) is 21.4 Å². The van der Waals surface area contributed by atoms with Crippen LogP contribution in [0.3, 0.4) is 0 Å². The summed E-state index contributed by atoms with van der Waals surface area (Å²) in [4.78, 5) is 21.0. The summed E-state index contributed by atoms with van der Waals surface area (Å²) < 4.78 is 52.4. The van der Waals surface area contributed by atoms with Crippen LogP contribution in [0.15, 0.2) is 41.5 Å². The molecule has 0 unspecified atom stereocenters. The lowest BCUT2D eigenvalue weighted by atomic mass is 9.73. The number of hydrogen-bond donors (Lipinski definition) is 1. The molecule has 33 heavy (non-hydrogen) atoms. The molecule has 1 saturated heterocycles. The first-order valence-corrected chi connectivity index (χ1v) is 10.3. The molecule has 2 aliphatic heterocycles. The molecule has 0 amide bonds. The number of fused-ring (bicyclic) bond motifs is 1. The van der Waals surface area contributed by atoms with E-state index in [-0.39, 0.29) is 36.1 Å². The highest BCUT2D eigenvalue weighted by molar-refractivity contribution is 5.95. The lowest BCUT2D eigenvalue weighted by Crippen LogP contribution is -2.50. The molecule has 7 nitrogen and oxygen atoms in total. The summed E-state index contributed by atoms with van der Waals surface area (Å²) in [6, 6.07) is 8.86. The number of carbonyl (C=O) groups excluding carboxylic acids is 1. The molecule has 172 valence electrons. The van der Waals surface area contributed by atoms with Gasteiger partial charge in [-0.15, -0.1) is 0 Å². The first-order chi connectivity index (χ1) is 15.7. The fraction of sp³-hybridized carbons (Fsp3) is 0.391. The van der Waals surface area contributed by atoms with Crippen LogP contribution >= 0.6 is 0 Å². The van der Waals surface area contributed by atoms with Crippen molar-refractivity contribution in [2.75, 3.05) is 6.61 Å². The van der Waals surface area contributed by atoms with E-state index in [1.165, 1.54) is 36.5 Å². The minimum absolute atomic E-state index is 0.0397. The summed E-state index contributed by atoms with van der Waals surface area (Å²) >= 11 is 0. The highest BCUT2D eigenvalue weighted by Crippen LogP contribution is 2.47. The van der Waals surface area contributed by atoms with Crippen LogP contribution in [0.25, 0.3) is 0 Å². The molecule has 2 aliphatic rings. The lowest BCUT2D eigenvalue weighted by Gasteiger charge is -2.41. The van der Waals surface area contributed by atoms with Gasteiger partial charge in [0.25, 0.3) is 6.02 Å². The van der Waals surface area contributed by atoms with E-state index in [1.807, 2.05) is 6.07 Å². The largest absolute Gasteiger partial charge is 0.459 e. The number of rotatable bonds is 6. The summed E-state index contributed by atoms with van der Waals surface area (Å²) in [5.41, 5.74) is 5.60. The Morgan fingerprint density at radius 2 is 2.15 bits per heavy atom. The molecule has 0 spiro atoms. The second-order valence-corrected chi connectivity index (χ2v) is 8.24. The van der Waals surface area contributed by atoms with Crippen molar-refractivity contribution in [2.45, 2.75) is 43.9 Å². The standard InChI is InChI=1S/C23H21F3N4O3/c1-23(21-18(8-20(25)26)32-11-19(21)33-22(28)30-23)14-6-12(2-4-15(14)24)7-17(31)16-5-3-13(9-27)10-29-16/h2-6,10,18-21H,7-8,11H2,1H3,(H2,28,30)/t18-,19+,21-,23+/m0/s1. The molecule has 10 heteroatoms. The van der Waals surface area contributed by atoms with E-state index in [4.69, 9.17) is 20.5 Å². The third-order valence-corrected chi connectivity index (χ3v) is 6.07. The van der Waals surface area contributed by atoms with Crippen molar-refractivity contribution in [3.63, 3.8) is 0 Å². The molecular formula is C23H21F3N4O3. The maximum Gasteiger partial charge on any atom is 0.283 e. The normalized spacial score (nSPS) is 26.3. The molecule has 0 bridgehead atoms. The zero-order valence-electron chi connectivity index (χ0n) is 17.7. The number of nitrogens with two attached hydrogens (primary N) is 1. The van der Waals surface area contributed by atoms with E-state index in [1.54, 1.807) is 6.92 Å². The van der Waals surface area contributed by atoms with Gasteiger partial charge in [-0.25, -0.2) is 18.2 Å². The molecule has 0 aliphatic carbocycles. The topological polar surface area (TPSA) is 111 Å². The SMILES string of the molecule is C[C@]1(c2cc(CC(=O)c3ccc(C#N)cn3)ccc2F)N=C(N)O[C@@H]2CO[C@@H](CC(F)F)[C@@H]21. The van der Waals surface area contributed by atoms with Crippen LogP contribution < -0.4 is 5.73 Å². The molecular weight excluding hydrogens is 437 g/mol. The highest BCUT2D eigenvalue weighted by Gasteiger charge is 2.55. The molecule has 3 heterocycles. The van der Waals surface area contributed by atoms with Crippen molar-refractivity contribution in [2.24, 2.45) is 16.6 Å². The number of alkyl halides is 2. The van der Waals surface area contributed by atoms with Crippen LogP contribution in [0, 0.1) is 23.1 Å². The van der Waals surface area contributed by atoms with Gasteiger partial charge in [0.15, 0.2) is 5.78 Å². The maximum absolute atomic E-state index is 15.0. The Morgan fingerprint density at radius 3 is 2.82 bits per heavy atom. The van der Waals surface area contributed by atoms with Gasteiger partial charge in [-0.3, -0.25) is 9.78 Å². The van der Waals surface area contributed by atoms with Gasteiger partial charge in [0, 0.05) is 24.6 Å². The quantitative estimate of drug-likeness (QED) is 0.666. The Balaban J connectivity index is 1.67. The first-order valence-electron chi connectivity index (χ1n) is 10.3. The van der Waals surface area contributed by atoms with Crippen LogP contribution in [0.2, 0.25) is 0 Å². The predicted molar refractivity (Wildman–Crippen MR) is 111 cm³/mol. The van der Waals surface area contributed by atoms with Gasteiger partial charge in [-0.2, -0.15) is 5.26 Å². The lowest BCUT2D eigenvalue weighted by molar-refractivity contribution is 0.00637. The monoisotopic (exact) mass is 458 g/mol. The zero-order chi connectivity index (χ0) is 23.8. The van der Waals surface area contributed by atoms with Crippen molar-refractivity contribution in [1.29, 1.82) is 5.26 Å². The molecule has 1 fully saturated rings. The number of benzene rings is 1. The van der Waals surface area contributed by atoms with E-state index in [0.29, 0.717) is 11.1 Å². The number of carbonyl (C=O) groups is 1. The smallest absolute Gasteiger partial charge is 0.283 e. The molecule has 4 atom stereocenters. The Morgan fingerprint density at radius 1 is 1.36 bits per heavy atom. The summed E-state index contributed by atoms with van der Waals surface area (Å²) in [7, 11) is 0. The number of aliphatic imine (C=N–C) groups is 1. The molecule has 1 aromatic heterocycles. The van der Waals surface area contributed by atoms with Crippen LogP contribution in [0.5, 0.6) is 0 Å². The van der Waals surface area contributed by atoms with Gasteiger partial charge in [-0.1, -0.05) is 6.07 Å². The highest BCUT2D eigenvalue weighted by atomic mass is 19.3. The number of Topliss-reactive ketones (excluding diaryl/α,β-unsaturated/α-hetero) is 1. The zero-order valence-corrected chi connectivity index (χ0v) is 17.7. The van der Waals surface area contributed by atoms with Gasteiger partial charge in [0.1, 0.15) is 29.2 Å². The Labute approximate surface area is 188 Å². The minimum Gasteiger partial charge on any atom is -0.459 e. The van der Waals surface area contributed by atoms with Gasteiger partial charge < -0.3 is 15.2 Å². The van der Waals surface area contributed by atoms with Gasteiger partial charge >= 0.3 is 0 Å². The van der Waals surface area contributed by atoms with Crippen molar-refractivity contribution >= 4 is 11.8 Å². The Kier molecular flexibility index (Phi) is 6.08. The molecule has 2 N–H and O–H groups in total. The van der Waals surface area contributed by atoms with Crippen LogP contribution in [0.4, 0.5) is 13.2 Å². The van der Waals surface area contributed by atoms with E-state index in [2.05, 4.69) is 9.98 Å². The Bertz CT molecular complexity index is 1130. The second kappa shape index (κ2) is 8.83. The third-order valence-electron chi connectivity index (χ3n) is 6.07. The van der Waals surface area contributed by atoms with Crippen molar-refractivity contribution in [1.82, 2.24) is 4.98 Å². The summed E-state index contributed by atoms with van der Waals surface area (Å²) in [6.45, 7) is 1.65. The molecule has 4 rings (SSSR count). The number of halogens is 3. The van der Waals surface area contributed by atoms with Crippen molar-refractivity contribution < 1.29 is 27.4 Å². The third kappa shape index (κ3) is 4.41.